The molecular formula is C11H17NO3. The molecule has 2 aliphatic carbocycles. The van der Waals surface area contributed by atoms with Gasteiger partial charge in [-0.15, -0.1) is 0 Å². The smallest absolute Gasteiger partial charge is 0.250 e. The molecule has 0 aromatic heterocycles. The number of ketones is 1. The van der Waals surface area contributed by atoms with E-state index in [1.165, 1.54) is 0 Å². The van der Waals surface area contributed by atoms with E-state index < -0.39 is 16.7 Å². The Morgan fingerprint density at radius 2 is 1.93 bits per heavy atom. The van der Waals surface area contributed by atoms with E-state index in [-0.39, 0.29) is 17.6 Å². The van der Waals surface area contributed by atoms with Crippen LogP contribution in [0, 0.1) is 16.2 Å². The number of fused-ring (bicyclic) bond motifs is 2. The van der Waals surface area contributed by atoms with Crippen molar-refractivity contribution in [1.29, 1.82) is 0 Å². The Bertz CT molecular complexity index is 350. The highest BCUT2D eigenvalue weighted by molar-refractivity contribution is 5.99. The van der Waals surface area contributed by atoms with E-state index in [1.807, 2.05) is 20.8 Å². The first-order valence-electron chi connectivity index (χ1n) is 5.30. The van der Waals surface area contributed by atoms with Crippen molar-refractivity contribution in [2.24, 2.45) is 16.2 Å². The van der Waals surface area contributed by atoms with Crippen LogP contribution >= 0.6 is 0 Å². The van der Waals surface area contributed by atoms with E-state index in [0.717, 1.165) is 6.42 Å². The lowest BCUT2D eigenvalue weighted by atomic mass is 9.64. The third-order valence-corrected chi connectivity index (χ3v) is 5.24. The summed E-state index contributed by atoms with van der Waals surface area (Å²) in [5, 5.41) is 8.80. The van der Waals surface area contributed by atoms with Crippen LogP contribution in [0.5, 0.6) is 0 Å². The molecule has 0 spiro atoms. The molecule has 4 nitrogen and oxygen atoms in total. The molecule has 0 aromatic carbocycles. The minimum atomic E-state index is -0.701. The maximum Gasteiger partial charge on any atom is 0.250 e. The summed E-state index contributed by atoms with van der Waals surface area (Å²) in [6, 6.07) is 0. The molecule has 0 aliphatic heterocycles. The van der Waals surface area contributed by atoms with Gasteiger partial charge in [0.05, 0.1) is 5.41 Å². The largest absolute Gasteiger partial charge is 0.299 e. The van der Waals surface area contributed by atoms with Crippen LogP contribution < -0.4 is 5.48 Å². The van der Waals surface area contributed by atoms with Gasteiger partial charge in [-0.25, -0.2) is 5.48 Å². The molecule has 2 rings (SSSR count). The van der Waals surface area contributed by atoms with Crippen molar-refractivity contribution < 1.29 is 14.8 Å². The summed E-state index contributed by atoms with van der Waals surface area (Å²) in [5.74, 6) is -0.246. The van der Waals surface area contributed by atoms with Crippen molar-refractivity contribution >= 4 is 11.7 Å². The monoisotopic (exact) mass is 211 g/mol. The number of hydrogen-bond donors (Lipinski definition) is 2. The van der Waals surface area contributed by atoms with E-state index in [4.69, 9.17) is 5.21 Å². The number of Topliss-reactive ketones (excluding diaryl/α,β-unsaturated/α-hetero) is 1. The van der Waals surface area contributed by atoms with E-state index in [2.05, 4.69) is 0 Å². The molecule has 2 bridgehead atoms. The Balaban J connectivity index is 2.54. The molecule has 2 saturated carbocycles. The van der Waals surface area contributed by atoms with Crippen LogP contribution in [0.3, 0.4) is 0 Å². The summed E-state index contributed by atoms with van der Waals surface area (Å²) in [5.41, 5.74) is 0.252. The molecule has 0 saturated heterocycles. The molecule has 1 amide bonds. The van der Waals surface area contributed by atoms with Crippen molar-refractivity contribution in [3.8, 4) is 0 Å². The summed E-state index contributed by atoms with van der Waals surface area (Å²) in [6.45, 7) is 5.86. The molecular weight excluding hydrogens is 194 g/mol. The topological polar surface area (TPSA) is 66.4 Å². The fourth-order valence-electron chi connectivity index (χ4n) is 3.47. The Morgan fingerprint density at radius 3 is 2.27 bits per heavy atom. The number of hydrogen-bond acceptors (Lipinski definition) is 3. The summed E-state index contributed by atoms with van der Waals surface area (Å²) in [6.07, 6.45) is 1.70. The van der Waals surface area contributed by atoms with Gasteiger partial charge in [-0.05, 0) is 18.3 Å². The lowest BCUT2D eigenvalue weighted by molar-refractivity contribution is -0.145. The van der Waals surface area contributed by atoms with E-state index in [9.17, 15) is 9.59 Å². The van der Waals surface area contributed by atoms with Crippen LogP contribution in [0.1, 0.15) is 40.0 Å². The number of carbonyl (C=O) groups excluding carboxylic acids is 2. The molecule has 2 fully saturated rings. The molecule has 2 atom stereocenters. The van der Waals surface area contributed by atoms with Gasteiger partial charge >= 0.3 is 0 Å². The Morgan fingerprint density at radius 1 is 1.33 bits per heavy atom. The first-order valence-corrected chi connectivity index (χ1v) is 5.30. The summed E-state index contributed by atoms with van der Waals surface area (Å²) >= 11 is 0. The first-order chi connectivity index (χ1) is 6.82. The number of amides is 1. The van der Waals surface area contributed by atoms with Crippen LogP contribution in [-0.2, 0) is 9.59 Å². The van der Waals surface area contributed by atoms with Gasteiger partial charge in [-0.2, -0.15) is 0 Å². The van der Waals surface area contributed by atoms with E-state index in [0.29, 0.717) is 6.42 Å². The van der Waals surface area contributed by atoms with Gasteiger partial charge in [-0.3, -0.25) is 14.8 Å². The lowest BCUT2D eigenvalue weighted by Crippen LogP contribution is -2.45. The highest BCUT2D eigenvalue weighted by Crippen LogP contribution is 2.70. The van der Waals surface area contributed by atoms with Crippen molar-refractivity contribution in [3.05, 3.63) is 0 Å². The zero-order valence-corrected chi connectivity index (χ0v) is 9.39. The number of rotatable bonds is 1. The third-order valence-electron chi connectivity index (χ3n) is 5.24. The van der Waals surface area contributed by atoms with Gasteiger partial charge in [0, 0.05) is 11.8 Å². The highest BCUT2D eigenvalue weighted by atomic mass is 16.5. The molecule has 84 valence electrons. The molecule has 2 aliphatic rings. The number of nitrogens with one attached hydrogen (secondary N) is 1. The van der Waals surface area contributed by atoms with Gasteiger partial charge in [-0.1, -0.05) is 20.8 Å². The van der Waals surface area contributed by atoms with Crippen molar-refractivity contribution in [2.45, 2.75) is 40.0 Å². The average Bonchev–Trinajstić information content (AvgIpc) is 2.47. The molecule has 0 aromatic rings. The van der Waals surface area contributed by atoms with Gasteiger partial charge in [0.15, 0.2) is 0 Å². The highest BCUT2D eigenvalue weighted by Gasteiger charge is 2.72. The third kappa shape index (κ3) is 0.869. The standard InChI is InChI=1S/C11H17NO3/c1-9(2)10(3)4-5-11(9,6-7(10)13)8(14)12-15/h15H,4-6H2,1-3H3,(H,12,14)/t10-,11+/m0/s1. The van der Waals surface area contributed by atoms with Gasteiger partial charge in [0.25, 0.3) is 5.91 Å². The maximum absolute atomic E-state index is 11.9. The zero-order valence-electron chi connectivity index (χ0n) is 9.39. The maximum atomic E-state index is 11.9. The fraction of sp³-hybridized carbons (Fsp3) is 0.818. The number of hydroxylamine groups is 1. The van der Waals surface area contributed by atoms with Crippen LogP contribution in [0.2, 0.25) is 0 Å². The van der Waals surface area contributed by atoms with E-state index >= 15 is 0 Å². The van der Waals surface area contributed by atoms with Crippen molar-refractivity contribution in [2.75, 3.05) is 0 Å². The van der Waals surface area contributed by atoms with Crippen LogP contribution in [0.4, 0.5) is 0 Å². The second-order valence-corrected chi connectivity index (χ2v) is 5.58. The van der Waals surface area contributed by atoms with E-state index in [1.54, 1.807) is 5.48 Å². The average molecular weight is 211 g/mol. The Hall–Kier alpha value is -0.900. The normalized spacial score (nSPS) is 42.0. The fourth-order valence-corrected chi connectivity index (χ4v) is 3.47. The van der Waals surface area contributed by atoms with Crippen LogP contribution in [-0.4, -0.2) is 16.9 Å². The minimum absolute atomic E-state index is 0.155. The van der Waals surface area contributed by atoms with Crippen LogP contribution in [0.25, 0.3) is 0 Å². The number of carbonyl (C=O) groups is 2. The Kier molecular flexibility index (Phi) is 1.85. The summed E-state index contributed by atoms with van der Waals surface area (Å²) in [7, 11) is 0. The van der Waals surface area contributed by atoms with Gasteiger partial charge in [0.2, 0.25) is 0 Å². The molecule has 15 heavy (non-hydrogen) atoms. The van der Waals surface area contributed by atoms with Crippen molar-refractivity contribution in [3.63, 3.8) is 0 Å². The molecule has 2 N–H and O–H groups in total. The SMILES string of the molecule is CC1(C)[C@]2(C(=O)NO)CC[C@@]1(C)C(=O)C2. The van der Waals surface area contributed by atoms with Crippen molar-refractivity contribution in [1.82, 2.24) is 5.48 Å². The molecule has 4 heteroatoms. The molecule has 0 heterocycles. The zero-order chi connectivity index (χ0) is 11.5. The van der Waals surface area contributed by atoms with Crippen LogP contribution in [0.15, 0.2) is 0 Å². The quantitative estimate of drug-likeness (QED) is 0.507. The second kappa shape index (κ2) is 2.61. The summed E-state index contributed by atoms with van der Waals surface area (Å²) in [4.78, 5) is 23.7. The molecule has 0 radical (unpaired) electrons. The summed E-state index contributed by atoms with van der Waals surface area (Å²) < 4.78 is 0. The molecule has 0 unspecified atom stereocenters. The first kappa shape index (κ1) is 10.6. The van der Waals surface area contributed by atoms with Gasteiger partial charge in [0.1, 0.15) is 5.78 Å². The Labute approximate surface area is 89.0 Å². The van der Waals surface area contributed by atoms with Gasteiger partial charge < -0.3 is 0 Å². The predicted octanol–water partition coefficient (Wildman–Crippen LogP) is 1.28. The lowest BCUT2D eigenvalue weighted by Gasteiger charge is -2.38. The second-order valence-electron chi connectivity index (χ2n) is 5.58. The minimum Gasteiger partial charge on any atom is -0.299 e. The predicted molar refractivity (Wildman–Crippen MR) is 53.1 cm³/mol.